The molecular weight excluding hydrogens is 180 g/mol. The molecule has 0 bridgehead atoms. The van der Waals surface area contributed by atoms with E-state index in [0.717, 1.165) is 18.3 Å². The van der Waals surface area contributed by atoms with Crippen LogP contribution in [0.5, 0.6) is 11.5 Å². The summed E-state index contributed by atoms with van der Waals surface area (Å²) in [4.78, 5) is 10.8. The van der Waals surface area contributed by atoms with Gasteiger partial charge < -0.3 is 9.47 Å². The number of carbonyl (C=O) groups is 1. The van der Waals surface area contributed by atoms with Crippen LogP contribution in [0, 0.1) is 0 Å². The molecular formula is C11H12O3. The fourth-order valence-corrected chi connectivity index (χ4v) is 1.74. The summed E-state index contributed by atoms with van der Waals surface area (Å²) < 4.78 is 10.6. The Bertz CT molecular complexity index is 371. The number of carbonyl (C=O) groups excluding carboxylic acids is 1. The van der Waals surface area contributed by atoms with Gasteiger partial charge in [-0.2, -0.15) is 0 Å². The van der Waals surface area contributed by atoms with Gasteiger partial charge in [0.15, 0.2) is 6.29 Å². The predicted molar refractivity (Wildman–Crippen MR) is 52.2 cm³/mol. The lowest BCUT2D eigenvalue weighted by atomic mass is 10.1. The third-order valence-corrected chi connectivity index (χ3v) is 2.36. The molecule has 0 fully saturated rings. The van der Waals surface area contributed by atoms with Crippen LogP contribution in [0.2, 0.25) is 0 Å². The quantitative estimate of drug-likeness (QED) is 0.670. The van der Waals surface area contributed by atoms with E-state index in [1.54, 1.807) is 13.2 Å². The standard InChI is InChI=1S/C11H12O3/c1-7-3-8-4-10(13-2)5-9(6-12)11(8)14-7/h4-7H,3H2,1-2H3. The van der Waals surface area contributed by atoms with Gasteiger partial charge in [0.05, 0.1) is 12.7 Å². The van der Waals surface area contributed by atoms with Gasteiger partial charge in [-0.3, -0.25) is 4.79 Å². The maximum absolute atomic E-state index is 10.8. The lowest BCUT2D eigenvalue weighted by Gasteiger charge is -2.06. The molecule has 74 valence electrons. The van der Waals surface area contributed by atoms with E-state index < -0.39 is 0 Å². The Morgan fingerprint density at radius 2 is 2.36 bits per heavy atom. The van der Waals surface area contributed by atoms with Gasteiger partial charge in [-0.25, -0.2) is 0 Å². The molecule has 1 aromatic rings. The minimum absolute atomic E-state index is 0.149. The molecule has 0 saturated carbocycles. The van der Waals surface area contributed by atoms with Gasteiger partial charge in [0.25, 0.3) is 0 Å². The van der Waals surface area contributed by atoms with Crippen LogP contribution in [0.3, 0.4) is 0 Å². The van der Waals surface area contributed by atoms with Crippen LogP contribution in [-0.2, 0) is 6.42 Å². The van der Waals surface area contributed by atoms with Gasteiger partial charge in [0.2, 0.25) is 0 Å². The minimum Gasteiger partial charge on any atom is -0.497 e. The maximum Gasteiger partial charge on any atom is 0.153 e. The number of methoxy groups -OCH3 is 1. The Morgan fingerprint density at radius 3 is 3.00 bits per heavy atom. The molecule has 2 rings (SSSR count). The number of benzene rings is 1. The molecule has 1 unspecified atom stereocenters. The fraction of sp³-hybridized carbons (Fsp3) is 0.364. The average Bonchev–Trinajstić information content (AvgIpc) is 2.56. The lowest BCUT2D eigenvalue weighted by molar-refractivity contribution is 0.111. The first-order valence-electron chi connectivity index (χ1n) is 4.57. The van der Waals surface area contributed by atoms with Crippen LogP contribution >= 0.6 is 0 Å². The molecule has 1 aliphatic rings. The van der Waals surface area contributed by atoms with Gasteiger partial charge in [0, 0.05) is 12.0 Å². The number of rotatable bonds is 2. The van der Waals surface area contributed by atoms with E-state index in [2.05, 4.69) is 0 Å². The largest absolute Gasteiger partial charge is 0.497 e. The highest BCUT2D eigenvalue weighted by Gasteiger charge is 2.22. The second-order valence-electron chi connectivity index (χ2n) is 3.46. The summed E-state index contributed by atoms with van der Waals surface area (Å²) >= 11 is 0. The normalized spacial score (nSPS) is 18.6. The van der Waals surface area contributed by atoms with Crippen molar-refractivity contribution in [2.24, 2.45) is 0 Å². The predicted octanol–water partition coefficient (Wildman–Crippen LogP) is 1.83. The van der Waals surface area contributed by atoms with E-state index in [1.165, 1.54) is 0 Å². The van der Waals surface area contributed by atoms with Crippen molar-refractivity contribution in [3.8, 4) is 11.5 Å². The Labute approximate surface area is 82.6 Å². The van der Waals surface area contributed by atoms with Gasteiger partial charge in [0.1, 0.15) is 17.6 Å². The molecule has 3 nitrogen and oxygen atoms in total. The monoisotopic (exact) mass is 192 g/mol. The minimum atomic E-state index is 0.149. The second kappa shape index (κ2) is 3.33. The zero-order valence-electron chi connectivity index (χ0n) is 8.24. The smallest absolute Gasteiger partial charge is 0.153 e. The zero-order valence-corrected chi connectivity index (χ0v) is 8.24. The van der Waals surface area contributed by atoms with E-state index in [1.807, 2.05) is 13.0 Å². The molecule has 3 heteroatoms. The number of hydrogen-bond donors (Lipinski definition) is 0. The lowest BCUT2D eigenvalue weighted by Crippen LogP contribution is -2.05. The summed E-state index contributed by atoms with van der Waals surface area (Å²) in [6, 6.07) is 3.62. The first-order valence-corrected chi connectivity index (χ1v) is 4.57. The van der Waals surface area contributed by atoms with Crippen LogP contribution in [-0.4, -0.2) is 19.5 Å². The van der Waals surface area contributed by atoms with E-state index in [4.69, 9.17) is 9.47 Å². The molecule has 0 spiro atoms. The van der Waals surface area contributed by atoms with Crippen LogP contribution in [0.1, 0.15) is 22.8 Å². The van der Waals surface area contributed by atoms with E-state index >= 15 is 0 Å². The molecule has 0 radical (unpaired) electrons. The van der Waals surface area contributed by atoms with Crippen molar-refractivity contribution in [3.05, 3.63) is 23.3 Å². The summed E-state index contributed by atoms with van der Waals surface area (Å²) in [5.41, 5.74) is 1.63. The van der Waals surface area contributed by atoms with Crippen molar-refractivity contribution < 1.29 is 14.3 Å². The highest BCUT2D eigenvalue weighted by Crippen LogP contribution is 2.35. The molecule has 14 heavy (non-hydrogen) atoms. The van der Waals surface area contributed by atoms with E-state index in [9.17, 15) is 4.79 Å². The third-order valence-electron chi connectivity index (χ3n) is 2.36. The molecule has 0 N–H and O–H groups in total. The second-order valence-corrected chi connectivity index (χ2v) is 3.46. The Balaban J connectivity index is 2.51. The highest BCUT2D eigenvalue weighted by molar-refractivity contribution is 5.81. The molecule has 1 heterocycles. The van der Waals surface area contributed by atoms with E-state index in [-0.39, 0.29) is 6.10 Å². The first kappa shape index (κ1) is 9.06. The van der Waals surface area contributed by atoms with Crippen LogP contribution < -0.4 is 9.47 Å². The molecule has 0 aliphatic carbocycles. The number of fused-ring (bicyclic) bond motifs is 1. The van der Waals surface area contributed by atoms with Gasteiger partial charge in [-0.15, -0.1) is 0 Å². The van der Waals surface area contributed by atoms with Crippen molar-refractivity contribution in [1.82, 2.24) is 0 Å². The highest BCUT2D eigenvalue weighted by atomic mass is 16.5. The van der Waals surface area contributed by atoms with E-state index in [0.29, 0.717) is 17.1 Å². The summed E-state index contributed by atoms with van der Waals surface area (Å²) in [5, 5.41) is 0. The van der Waals surface area contributed by atoms with Crippen LogP contribution in [0.4, 0.5) is 0 Å². The van der Waals surface area contributed by atoms with Crippen molar-refractivity contribution in [2.45, 2.75) is 19.4 Å². The summed E-state index contributed by atoms with van der Waals surface area (Å²) in [6.07, 6.45) is 1.79. The van der Waals surface area contributed by atoms with Gasteiger partial charge in [-0.05, 0) is 19.1 Å². The SMILES string of the molecule is COc1cc(C=O)c2c(c1)CC(C)O2. The van der Waals surface area contributed by atoms with Crippen molar-refractivity contribution in [2.75, 3.05) is 7.11 Å². The number of aldehydes is 1. The van der Waals surface area contributed by atoms with Gasteiger partial charge in [-0.1, -0.05) is 0 Å². The maximum atomic E-state index is 10.8. The Hall–Kier alpha value is -1.51. The van der Waals surface area contributed by atoms with Crippen LogP contribution in [0.25, 0.3) is 0 Å². The Morgan fingerprint density at radius 1 is 1.57 bits per heavy atom. The average molecular weight is 192 g/mol. The summed E-state index contributed by atoms with van der Waals surface area (Å²) in [6.45, 7) is 1.99. The first-order chi connectivity index (χ1) is 6.74. The molecule has 1 aromatic carbocycles. The Kier molecular flexibility index (Phi) is 2.15. The van der Waals surface area contributed by atoms with Gasteiger partial charge >= 0.3 is 0 Å². The van der Waals surface area contributed by atoms with Crippen LogP contribution in [0.15, 0.2) is 12.1 Å². The fourth-order valence-electron chi connectivity index (χ4n) is 1.74. The van der Waals surface area contributed by atoms with Crippen molar-refractivity contribution in [1.29, 1.82) is 0 Å². The van der Waals surface area contributed by atoms with Crippen molar-refractivity contribution >= 4 is 6.29 Å². The number of hydrogen-bond acceptors (Lipinski definition) is 3. The molecule has 1 aliphatic heterocycles. The topological polar surface area (TPSA) is 35.5 Å². The molecule has 0 aromatic heterocycles. The summed E-state index contributed by atoms with van der Waals surface area (Å²) in [7, 11) is 1.59. The third kappa shape index (κ3) is 1.35. The number of ether oxygens (including phenoxy) is 2. The molecule has 0 saturated heterocycles. The molecule has 0 amide bonds. The summed E-state index contributed by atoms with van der Waals surface area (Å²) in [5.74, 6) is 1.43. The zero-order chi connectivity index (χ0) is 10.1. The van der Waals surface area contributed by atoms with Crippen molar-refractivity contribution in [3.63, 3.8) is 0 Å². The molecule has 1 atom stereocenters.